The highest BCUT2D eigenvalue weighted by Crippen LogP contribution is 2.28. The van der Waals surface area contributed by atoms with Gasteiger partial charge in [0, 0.05) is 22.8 Å². The van der Waals surface area contributed by atoms with E-state index in [2.05, 4.69) is 18.8 Å². The van der Waals surface area contributed by atoms with Crippen molar-refractivity contribution in [3.05, 3.63) is 29.7 Å². The molecule has 0 aliphatic heterocycles. The van der Waals surface area contributed by atoms with Crippen LogP contribution in [0.5, 0.6) is 5.75 Å². The maximum Gasteiger partial charge on any atom is 0.167 e. The van der Waals surface area contributed by atoms with Gasteiger partial charge in [-0.05, 0) is 31.4 Å². The molecule has 0 aliphatic carbocycles. The first-order valence-electron chi connectivity index (χ1n) is 6.52. The molecule has 0 aliphatic rings. The monoisotopic (exact) mass is 262 g/mol. The maximum atomic E-state index is 13.8. The highest BCUT2D eigenvalue weighted by Gasteiger charge is 2.11. The summed E-state index contributed by atoms with van der Waals surface area (Å²) in [7, 11) is 0. The van der Waals surface area contributed by atoms with Gasteiger partial charge in [0.25, 0.3) is 0 Å². The normalized spacial score (nSPS) is 11.2. The van der Waals surface area contributed by atoms with E-state index in [1.54, 1.807) is 6.07 Å². The van der Waals surface area contributed by atoms with E-state index in [0.717, 1.165) is 17.5 Å². The summed E-state index contributed by atoms with van der Waals surface area (Å²) in [5, 5.41) is 0.734. The van der Waals surface area contributed by atoms with Crippen molar-refractivity contribution in [2.75, 3.05) is 12.3 Å². The molecule has 19 heavy (non-hydrogen) atoms. The third kappa shape index (κ3) is 2.95. The van der Waals surface area contributed by atoms with Crippen molar-refractivity contribution in [3.63, 3.8) is 0 Å². The lowest BCUT2D eigenvalue weighted by molar-refractivity contribution is 0.322. The van der Waals surface area contributed by atoms with Crippen LogP contribution in [-0.2, 0) is 6.42 Å². The summed E-state index contributed by atoms with van der Waals surface area (Å²) in [6.45, 7) is 6.46. The van der Waals surface area contributed by atoms with E-state index in [1.807, 2.05) is 13.0 Å². The Morgan fingerprint density at radius 2 is 2.05 bits per heavy atom. The Hall–Kier alpha value is -1.84. The molecule has 3 nitrogen and oxygen atoms in total. The Kier molecular flexibility index (Phi) is 3.88. The SMILES string of the molecule is CCOc1cc2c(N)cc(CC(C)C)nc2cc1F. The summed E-state index contributed by atoms with van der Waals surface area (Å²) < 4.78 is 19.1. The first-order valence-corrected chi connectivity index (χ1v) is 6.52. The van der Waals surface area contributed by atoms with Crippen LogP contribution in [0.1, 0.15) is 26.5 Å². The van der Waals surface area contributed by atoms with Gasteiger partial charge in [0.05, 0.1) is 12.1 Å². The number of ether oxygens (including phenoxy) is 1. The Balaban J connectivity index is 2.53. The van der Waals surface area contributed by atoms with Crippen LogP contribution in [0.15, 0.2) is 18.2 Å². The van der Waals surface area contributed by atoms with Crippen LogP contribution in [0.25, 0.3) is 10.9 Å². The number of nitrogens with zero attached hydrogens (tertiary/aromatic N) is 1. The van der Waals surface area contributed by atoms with Crippen molar-refractivity contribution in [1.82, 2.24) is 4.98 Å². The summed E-state index contributed by atoms with van der Waals surface area (Å²) in [6, 6.07) is 4.87. The van der Waals surface area contributed by atoms with Gasteiger partial charge in [-0.15, -0.1) is 0 Å². The molecule has 4 heteroatoms. The molecule has 1 aromatic carbocycles. The lowest BCUT2D eigenvalue weighted by Gasteiger charge is -2.11. The number of anilines is 1. The van der Waals surface area contributed by atoms with Crippen molar-refractivity contribution in [1.29, 1.82) is 0 Å². The highest BCUT2D eigenvalue weighted by atomic mass is 19.1. The molecular formula is C15H19FN2O. The highest BCUT2D eigenvalue weighted by molar-refractivity contribution is 5.91. The number of rotatable bonds is 4. The number of benzene rings is 1. The molecule has 0 saturated carbocycles. The second kappa shape index (κ2) is 5.43. The first-order chi connectivity index (χ1) is 9.01. The van der Waals surface area contributed by atoms with Gasteiger partial charge in [-0.25, -0.2) is 4.39 Å². The molecule has 102 valence electrons. The minimum Gasteiger partial charge on any atom is -0.491 e. The Bertz CT molecular complexity index is 596. The molecule has 0 unspecified atom stereocenters. The second-order valence-electron chi connectivity index (χ2n) is 5.03. The van der Waals surface area contributed by atoms with Crippen molar-refractivity contribution in [2.24, 2.45) is 5.92 Å². The van der Waals surface area contributed by atoms with Crippen LogP contribution in [-0.4, -0.2) is 11.6 Å². The lowest BCUT2D eigenvalue weighted by Crippen LogP contribution is -2.01. The van der Waals surface area contributed by atoms with Crippen LogP contribution in [0, 0.1) is 11.7 Å². The predicted octanol–water partition coefficient (Wildman–Crippen LogP) is 3.55. The molecule has 2 rings (SSSR count). The van der Waals surface area contributed by atoms with Gasteiger partial charge >= 0.3 is 0 Å². The van der Waals surface area contributed by atoms with Crippen LogP contribution in [0.3, 0.4) is 0 Å². The number of hydrogen-bond acceptors (Lipinski definition) is 3. The molecule has 1 aromatic heterocycles. The van der Waals surface area contributed by atoms with Crippen LogP contribution in [0.2, 0.25) is 0 Å². The fourth-order valence-electron chi connectivity index (χ4n) is 2.10. The van der Waals surface area contributed by atoms with Gasteiger partial charge in [-0.2, -0.15) is 0 Å². The third-order valence-corrected chi connectivity index (χ3v) is 2.86. The predicted molar refractivity (Wildman–Crippen MR) is 75.8 cm³/mol. The number of aromatic nitrogens is 1. The number of nitrogens with two attached hydrogens (primary N) is 1. The average Bonchev–Trinajstić information content (AvgIpc) is 2.30. The molecule has 0 saturated heterocycles. The topological polar surface area (TPSA) is 48.1 Å². The van der Waals surface area contributed by atoms with Crippen LogP contribution in [0.4, 0.5) is 10.1 Å². The number of fused-ring (bicyclic) bond motifs is 1. The van der Waals surface area contributed by atoms with Crippen molar-refractivity contribution in [3.8, 4) is 5.75 Å². The Morgan fingerprint density at radius 1 is 1.32 bits per heavy atom. The number of hydrogen-bond donors (Lipinski definition) is 1. The zero-order valence-electron chi connectivity index (χ0n) is 11.5. The molecule has 2 N–H and O–H groups in total. The van der Waals surface area contributed by atoms with E-state index < -0.39 is 5.82 Å². The van der Waals surface area contributed by atoms with Gasteiger partial charge in [0.15, 0.2) is 11.6 Å². The molecule has 2 aromatic rings. The first kappa shape index (κ1) is 13.6. The number of nitrogen functional groups attached to an aromatic ring is 1. The molecule has 0 atom stereocenters. The van der Waals surface area contributed by atoms with E-state index in [1.165, 1.54) is 6.07 Å². The van der Waals surface area contributed by atoms with E-state index in [-0.39, 0.29) is 5.75 Å². The molecule has 0 fully saturated rings. The van der Waals surface area contributed by atoms with Crippen molar-refractivity contribution >= 4 is 16.6 Å². The van der Waals surface area contributed by atoms with Gasteiger partial charge in [-0.1, -0.05) is 13.8 Å². The molecule has 0 amide bonds. The van der Waals surface area contributed by atoms with E-state index in [9.17, 15) is 4.39 Å². The molecule has 1 heterocycles. The van der Waals surface area contributed by atoms with Gasteiger partial charge in [0.1, 0.15) is 0 Å². The smallest absolute Gasteiger partial charge is 0.167 e. The molecule has 0 spiro atoms. The van der Waals surface area contributed by atoms with Crippen molar-refractivity contribution in [2.45, 2.75) is 27.2 Å². The van der Waals surface area contributed by atoms with Crippen LogP contribution < -0.4 is 10.5 Å². The lowest BCUT2D eigenvalue weighted by atomic mass is 10.1. The minimum absolute atomic E-state index is 0.222. The quantitative estimate of drug-likeness (QED) is 0.916. The largest absolute Gasteiger partial charge is 0.491 e. The van der Waals surface area contributed by atoms with Gasteiger partial charge in [0.2, 0.25) is 0 Å². The van der Waals surface area contributed by atoms with Gasteiger partial charge < -0.3 is 10.5 Å². The zero-order chi connectivity index (χ0) is 14.0. The minimum atomic E-state index is -0.400. The Morgan fingerprint density at radius 3 is 2.68 bits per heavy atom. The van der Waals surface area contributed by atoms with Crippen molar-refractivity contribution < 1.29 is 9.13 Å². The molecular weight excluding hydrogens is 243 g/mol. The second-order valence-corrected chi connectivity index (χ2v) is 5.03. The maximum absolute atomic E-state index is 13.8. The summed E-state index contributed by atoms with van der Waals surface area (Å²) in [6.07, 6.45) is 0.828. The number of pyridine rings is 1. The summed E-state index contributed by atoms with van der Waals surface area (Å²) >= 11 is 0. The van der Waals surface area contributed by atoms with E-state index in [0.29, 0.717) is 23.7 Å². The standard InChI is InChI=1S/C15H19FN2O/c1-4-19-15-7-11-13(17)6-10(5-9(2)3)18-14(11)8-12(15)16/h6-9H,4-5H2,1-3H3,(H2,17,18). The molecule has 0 bridgehead atoms. The average molecular weight is 262 g/mol. The Labute approximate surface area is 112 Å². The zero-order valence-corrected chi connectivity index (χ0v) is 11.5. The van der Waals surface area contributed by atoms with E-state index in [4.69, 9.17) is 10.5 Å². The third-order valence-electron chi connectivity index (χ3n) is 2.86. The van der Waals surface area contributed by atoms with Crippen LogP contribution >= 0.6 is 0 Å². The summed E-state index contributed by atoms with van der Waals surface area (Å²) in [4.78, 5) is 4.46. The molecule has 0 radical (unpaired) electrons. The fraction of sp³-hybridized carbons (Fsp3) is 0.400. The summed E-state index contributed by atoms with van der Waals surface area (Å²) in [5.41, 5.74) is 8.11. The summed E-state index contributed by atoms with van der Waals surface area (Å²) in [5.74, 6) is 0.306. The fourth-order valence-corrected chi connectivity index (χ4v) is 2.10. The number of halogens is 1. The van der Waals surface area contributed by atoms with E-state index >= 15 is 0 Å². The van der Waals surface area contributed by atoms with Gasteiger partial charge in [-0.3, -0.25) is 4.98 Å².